The summed E-state index contributed by atoms with van der Waals surface area (Å²) in [6.45, 7) is 4.58. The standard InChI is InChI=1S/C19H25N3O2/c1-16(14-24-15-17-7-3-2-4-8-17)19(23)22-12-5-9-18(22)13-21-11-6-10-20-21/h2-4,6-8,10-11,16,18H,5,9,12-15H2,1H3/t16-,18+/m1/s1. The van der Waals surface area contributed by atoms with Crippen LogP contribution < -0.4 is 0 Å². The lowest BCUT2D eigenvalue weighted by Crippen LogP contribution is -2.42. The lowest BCUT2D eigenvalue weighted by molar-refractivity contribution is -0.138. The fourth-order valence-corrected chi connectivity index (χ4v) is 3.22. The molecule has 1 saturated heterocycles. The number of carbonyl (C=O) groups excluding carboxylic acids is 1. The van der Waals surface area contributed by atoms with E-state index in [-0.39, 0.29) is 17.9 Å². The average molecular weight is 327 g/mol. The van der Waals surface area contributed by atoms with Crippen LogP contribution in [0.15, 0.2) is 48.8 Å². The molecule has 5 nitrogen and oxygen atoms in total. The smallest absolute Gasteiger partial charge is 0.228 e. The van der Waals surface area contributed by atoms with Crippen molar-refractivity contribution in [2.75, 3.05) is 13.2 Å². The Morgan fingerprint density at radius 2 is 2.17 bits per heavy atom. The third-order valence-electron chi connectivity index (χ3n) is 4.52. The van der Waals surface area contributed by atoms with Crippen LogP contribution in [0.25, 0.3) is 0 Å². The van der Waals surface area contributed by atoms with Gasteiger partial charge in [0.15, 0.2) is 0 Å². The molecule has 0 bridgehead atoms. The molecule has 1 aliphatic heterocycles. The van der Waals surface area contributed by atoms with Crippen LogP contribution in [0.3, 0.4) is 0 Å². The largest absolute Gasteiger partial charge is 0.376 e. The molecule has 1 amide bonds. The molecule has 24 heavy (non-hydrogen) atoms. The summed E-state index contributed by atoms with van der Waals surface area (Å²) < 4.78 is 7.65. The Labute approximate surface area is 143 Å². The summed E-state index contributed by atoms with van der Waals surface area (Å²) in [5, 5.41) is 4.26. The number of benzene rings is 1. The summed E-state index contributed by atoms with van der Waals surface area (Å²) in [7, 11) is 0. The van der Waals surface area contributed by atoms with E-state index in [1.165, 1.54) is 0 Å². The Kier molecular flexibility index (Phi) is 5.64. The predicted molar refractivity (Wildman–Crippen MR) is 92.2 cm³/mol. The number of likely N-dealkylation sites (tertiary alicyclic amines) is 1. The van der Waals surface area contributed by atoms with Crippen molar-refractivity contribution in [1.29, 1.82) is 0 Å². The molecule has 1 aliphatic rings. The summed E-state index contributed by atoms with van der Waals surface area (Å²) in [6.07, 6.45) is 5.84. The third-order valence-corrected chi connectivity index (χ3v) is 4.52. The molecule has 0 unspecified atom stereocenters. The molecule has 0 N–H and O–H groups in total. The molecule has 1 fully saturated rings. The first kappa shape index (κ1) is 16.7. The molecule has 128 valence electrons. The average Bonchev–Trinajstić information content (AvgIpc) is 3.27. The van der Waals surface area contributed by atoms with Gasteiger partial charge in [0.05, 0.1) is 31.7 Å². The topological polar surface area (TPSA) is 47.4 Å². The van der Waals surface area contributed by atoms with Crippen molar-refractivity contribution in [3.05, 3.63) is 54.4 Å². The molecule has 0 radical (unpaired) electrons. The molecule has 2 aromatic rings. The van der Waals surface area contributed by atoms with Crippen molar-refractivity contribution in [2.24, 2.45) is 5.92 Å². The first-order valence-electron chi connectivity index (χ1n) is 8.63. The second kappa shape index (κ2) is 8.11. The first-order chi connectivity index (χ1) is 11.7. The Bertz CT molecular complexity index is 627. The van der Waals surface area contributed by atoms with E-state index < -0.39 is 0 Å². The van der Waals surface area contributed by atoms with E-state index in [1.54, 1.807) is 6.20 Å². The highest BCUT2D eigenvalue weighted by Crippen LogP contribution is 2.21. The minimum Gasteiger partial charge on any atom is -0.376 e. The van der Waals surface area contributed by atoms with Crippen LogP contribution in [0.4, 0.5) is 0 Å². The van der Waals surface area contributed by atoms with Crippen LogP contribution in [0.2, 0.25) is 0 Å². The van der Waals surface area contributed by atoms with Gasteiger partial charge in [-0.3, -0.25) is 9.48 Å². The zero-order chi connectivity index (χ0) is 16.8. The number of ether oxygens (including phenoxy) is 1. The van der Waals surface area contributed by atoms with Gasteiger partial charge in [0.25, 0.3) is 0 Å². The van der Waals surface area contributed by atoms with Gasteiger partial charge in [-0.05, 0) is 24.5 Å². The highest BCUT2D eigenvalue weighted by molar-refractivity contribution is 5.79. The van der Waals surface area contributed by atoms with Crippen LogP contribution >= 0.6 is 0 Å². The second-order valence-electron chi connectivity index (χ2n) is 6.46. The molecule has 3 rings (SSSR count). The van der Waals surface area contributed by atoms with Crippen LogP contribution in [-0.4, -0.2) is 39.8 Å². The van der Waals surface area contributed by atoms with Gasteiger partial charge in [0.1, 0.15) is 0 Å². The Morgan fingerprint density at radius 3 is 2.92 bits per heavy atom. The van der Waals surface area contributed by atoms with Crippen molar-refractivity contribution in [1.82, 2.24) is 14.7 Å². The Balaban J connectivity index is 1.48. The van der Waals surface area contributed by atoms with E-state index in [0.717, 1.165) is 31.5 Å². The van der Waals surface area contributed by atoms with Gasteiger partial charge in [0, 0.05) is 18.9 Å². The van der Waals surface area contributed by atoms with E-state index in [4.69, 9.17) is 4.74 Å². The maximum absolute atomic E-state index is 12.7. The number of hydrogen-bond donors (Lipinski definition) is 0. The number of aromatic nitrogens is 2. The van der Waals surface area contributed by atoms with E-state index in [0.29, 0.717) is 13.2 Å². The minimum absolute atomic E-state index is 0.119. The zero-order valence-electron chi connectivity index (χ0n) is 14.2. The predicted octanol–water partition coefficient (Wildman–Crippen LogP) is 2.73. The SMILES string of the molecule is C[C@H](COCc1ccccc1)C(=O)N1CCC[C@H]1Cn1cccn1. The molecule has 0 spiro atoms. The maximum atomic E-state index is 12.7. The zero-order valence-corrected chi connectivity index (χ0v) is 14.2. The molecule has 1 aromatic heterocycles. The fourth-order valence-electron chi connectivity index (χ4n) is 3.22. The Hall–Kier alpha value is -2.14. The first-order valence-corrected chi connectivity index (χ1v) is 8.63. The summed E-state index contributed by atoms with van der Waals surface area (Å²) in [5.74, 6) is 0.0738. The van der Waals surface area contributed by atoms with Crippen molar-refractivity contribution in [2.45, 2.75) is 39.0 Å². The molecular formula is C19H25N3O2. The van der Waals surface area contributed by atoms with E-state index in [1.807, 2.05) is 59.1 Å². The van der Waals surface area contributed by atoms with E-state index >= 15 is 0 Å². The number of amides is 1. The van der Waals surface area contributed by atoms with Crippen molar-refractivity contribution >= 4 is 5.91 Å². The monoisotopic (exact) mass is 327 g/mol. The number of nitrogens with zero attached hydrogens (tertiary/aromatic N) is 3. The normalized spacial score (nSPS) is 18.7. The molecule has 5 heteroatoms. The quantitative estimate of drug-likeness (QED) is 0.785. The van der Waals surface area contributed by atoms with Gasteiger partial charge in [-0.15, -0.1) is 0 Å². The maximum Gasteiger partial charge on any atom is 0.228 e. The Morgan fingerprint density at radius 1 is 1.33 bits per heavy atom. The summed E-state index contributed by atoms with van der Waals surface area (Å²) in [6, 6.07) is 12.2. The van der Waals surface area contributed by atoms with Crippen LogP contribution in [-0.2, 0) is 22.7 Å². The van der Waals surface area contributed by atoms with Crippen molar-refractivity contribution in [3.63, 3.8) is 0 Å². The minimum atomic E-state index is -0.119. The lowest BCUT2D eigenvalue weighted by atomic mass is 10.1. The van der Waals surface area contributed by atoms with Crippen molar-refractivity contribution in [3.8, 4) is 0 Å². The number of hydrogen-bond acceptors (Lipinski definition) is 3. The third kappa shape index (κ3) is 4.23. The van der Waals surface area contributed by atoms with Crippen LogP contribution in [0.1, 0.15) is 25.3 Å². The van der Waals surface area contributed by atoms with Gasteiger partial charge in [-0.2, -0.15) is 5.10 Å². The highest BCUT2D eigenvalue weighted by atomic mass is 16.5. The van der Waals surface area contributed by atoms with E-state index in [2.05, 4.69) is 5.10 Å². The molecular weight excluding hydrogens is 302 g/mol. The van der Waals surface area contributed by atoms with Gasteiger partial charge in [0.2, 0.25) is 5.91 Å². The van der Waals surface area contributed by atoms with Crippen LogP contribution in [0.5, 0.6) is 0 Å². The van der Waals surface area contributed by atoms with Crippen molar-refractivity contribution < 1.29 is 9.53 Å². The summed E-state index contributed by atoms with van der Waals surface area (Å²) in [4.78, 5) is 14.8. The molecule has 2 heterocycles. The number of carbonyl (C=O) groups is 1. The van der Waals surface area contributed by atoms with Gasteiger partial charge in [-0.1, -0.05) is 37.3 Å². The van der Waals surface area contributed by atoms with Crippen LogP contribution in [0, 0.1) is 5.92 Å². The molecule has 2 atom stereocenters. The highest BCUT2D eigenvalue weighted by Gasteiger charge is 2.31. The van der Waals surface area contributed by atoms with Gasteiger partial charge < -0.3 is 9.64 Å². The van der Waals surface area contributed by atoms with E-state index in [9.17, 15) is 4.79 Å². The summed E-state index contributed by atoms with van der Waals surface area (Å²) >= 11 is 0. The lowest BCUT2D eigenvalue weighted by Gasteiger charge is -2.27. The second-order valence-corrected chi connectivity index (χ2v) is 6.46. The van der Waals surface area contributed by atoms with Gasteiger partial charge in [-0.25, -0.2) is 0 Å². The molecule has 1 aromatic carbocycles. The fraction of sp³-hybridized carbons (Fsp3) is 0.474. The molecule has 0 aliphatic carbocycles. The summed E-state index contributed by atoms with van der Waals surface area (Å²) in [5.41, 5.74) is 1.13. The number of rotatable bonds is 7. The van der Waals surface area contributed by atoms with Gasteiger partial charge >= 0.3 is 0 Å². The molecule has 0 saturated carbocycles.